The molecule has 0 spiro atoms. The number of carboxylic acids is 1. The minimum Gasteiger partial charge on any atom is -0.490 e. The first kappa shape index (κ1) is 26.3. The smallest absolute Gasteiger partial charge is 0.335 e. The molecule has 0 aliphatic rings. The van der Waals surface area contributed by atoms with Gasteiger partial charge in [0.1, 0.15) is 15.6 Å². The molecule has 0 radical (unpaired) electrons. The molecule has 186 valence electrons. The number of sulfonamides is 1. The largest absolute Gasteiger partial charge is 0.490 e. The van der Waals surface area contributed by atoms with Crippen LogP contribution in [0.5, 0.6) is 11.5 Å². The maximum Gasteiger partial charge on any atom is 0.335 e. The fourth-order valence-corrected chi connectivity index (χ4v) is 5.90. The van der Waals surface area contributed by atoms with E-state index in [-0.39, 0.29) is 31.2 Å². The summed E-state index contributed by atoms with van der Waals surface area (Å²) in [7, 11) is -2.89. The van der Waals surface area contributed by atoms with Gasteiger partial charge in [0.05, 0.1) is 28.8 Å². The van der Waals surface area contributed by atoms with Crippen molar-refractivity contribution < 1.29 is 32.6 Å². The van der Waals surface area contributed by atoms with E-state index in [1.165, 1.54) is 31.4 Å². The third-order valence-electron chi connectivity index (χ3n) is 4.65. The van der Waals surface area contributed by atoms with Crippen molar-refractivity contribution in [2.75, 3.05) is 29.9 Å². The Kier molecular flexibility index (Phi) is 8.20. The van der Waals surface area contributed by atoms with E-state index in [4.69, 9.17) is 26.2 Å². The highest BCUT2D eigenvalue weighted by Gasteiger charge is 2.30. The van der Waals surface area contributed by atoms with Gasteiger partial charge < -0.3 is 19.9 Å². The molecule has 0 saturated heterocycles. The Labute approximate surface area is 211 Å². The quantitative estimate of drug-likeness (QED) is 0.388. The monoisotopic (exact) mass is 539 g/mol. The molecule has 0 saturated carbocycles. The van der Waals surface area contributed by atoms with Gasteiger partial charge in [0.25, 0.3) is 15.9 Å². The van der Waals surface area contributed by atoms with Crippen LogP contribution < -0.4 is 19.1 Å². The molecule has 0 unspecified atom stereocenters. The van der Waals surface area contributed by atoms with Gasteiger partial charge in [-0.25, -0.2) is 18.2 Å². The zero-order chi connectivity index (χ0) is 25.8. The summed E-state index contributed by atoms with van der Waals surface area (Å²) in [5.41, 5.74) is 0.189. The maximum atomic E-state index is 13.5. The second-order valence-electron chi connectivity index (χ2n) is 6.90. The van der Waals surface area contributed by atoms with Crippen molar-refractivity contribution in [2.24, 2.45) is 0 Å². The lowest BCUT2D eigenvalue weighted by molar-refractivity contribution is 0.0696. The highest BCUT2D eigenvalue weighted by atomic mass is 35.5. The van der Waals surface area contributed by atoms with Crippen LogP contribution in [0.4, 0.5) is 11.5 Å². The molecule has 0 bridgehead atoms. The van der Waals surface area contributed by atoms with E-state index in [0.717, 1.165) is 21.7 Å². The number of amides is 1. The first-order chi connectivity index (χ1) is 16.6. The van der Waals surface area contributed by atoms with E-state index < -0.39 is 21.9 Å². The van der Waals surface area contributed by atoms with Gasteiger partial charge in [-0.1, -0.05) is 11.6 Å². The number of halogens is 1. The second kappa shape index (κ2) is 10.9. The highest BCUT2D eigenvalue weighted by molar-refractivity contribution is 7.93. The summed E-state index contributed by atoms with van der Waals surface area (Å²) < 4.78 is 39.1. The van der Waals surface area contributed by atoms with Crippen LogP contribution in [0.3, 0.4) is 0 Å². The molecule has 13 heteroatoms. The Balaban J connectivity index is 1.95. The molecule has 0 aliphatic carbocycles. The number of hydrogen-bond acceptors (Lipinski definition) is 8. The number of nitrogens with one attached hydrogen (secondary N) is 1. The molecular weight excluding hydrogens is 518 g/mol. The molecule has 1 amide bonds. The van der Waals surface area contributed by atoms with Gasteiger partial charge in [0.2, 0.25) is 0 Å². The molecule has 2 N–H and O–H groups in total. The number of nitrogens with zero attached hydrogens (tertiary/aromatic N) is 2. The van der Waals surface area contributed by atoms with Crippen molar-refractivity contribution in [3.63, 3.8) is 0 Å². The van der Waals surface area contributed by atoms with E-state index in [1.54, 1.807) is 19.1 Å². The third-order valence-corrected chi connectivity index (χ3v) is 7.85. The molecule has 0 aliphatic heterocycles. The molecule has 1 aromatic carbocycles. The zero-order valence-corrected chi connectivity index (χ0v) is 21.3. The van der Waals surface area contributed by atoms with Crippen molar-refractivity contribution >= 4 is 56.3 Å². The highest BCUT2D eigenvalue weighted by Crippen LogP contribution is 2.37. The Hall–Kier alpha value is -3.35. The van der Waals surface area contributed by atoms with Crippen molar-refractivity contribution in [2.45, 2.75) is 18.7 Å². The molecule has 2 heterocycles. The van der Waals surface area contributed by atoms with Crippen LogP contribution in [-0.4, -0.2) is 50.6 Å². The summed E-state index contributed by atoms with van der Waals surface area (Å²) in [6.45, 7) is 4.37. The van der Waals surface area contributed by atoms with Gasteiger partial charge in [-0.15, -0.1) is 11.3 Å². The van der Waals surface area contributed by atoms with Crippen molar-refractivity contribution in [1.29, 1.82) is 0 Å². The molecule has 0 fully saturated rings. The molecular formula is C22H22ClN3O7S2. The lowest BCUT2D eigenvalue weighted by Crippen LogP contribution is -2.28. The number of aromatic nitrogens is 1. The van der Waals surface area contributed by atoms with Gasteiger partial charge in [-0.3, -0.25) is 9.10 Å². The number of rotatable bonds is 10. The zero-order valence-electron chi connectivity index (χ0n) is 18.9. The maximum absolute atomic E-state index is 13.5. The lowest BCUT2D eigenvalue weighted by Gasteiger charge is -2.21. The summed E-state index contributed by atoms with van der Waals surface area (Å²) in [4.78, 5) is 27.5. The van der Waals surface area contributed by atoms with Crippen LogP contribution in [-0.2, 0) is 10.0 Å². The summed E-state index contributed by atoms with van der Waals surface area (Å²) >= 11 is 6.85. The number of benzene rings is 1. The summed E-state index contributed by atoms with van der Waals surface area (Å²) in [6.07, 6.45) is 1.22. The van der Waals surface area contributed by atoms with Crippen molar-refractivity contribution in [3.05, 3.63) is 57.4 Å². The number of pyridine rings is 1. The van der Waals surface area contributed by atoms with Crippen LogP contribution in [0.25, 0.3) is 0 Å². The number of ether oxygens (including phenoxy) is 2. The summed E-state index contributed by atoms with van der Waals surface area (Å²) in [5, 5.41) is 11.6. The van der Waals surface area contributed by atoms with Crippen LogP contribution in [0, 0.1) is 0 Å². The van der Waals surface area contributed by atoms with E-state index in [9.17, 15) is 18.0 Å². The number of carbonyl (C=O) groups excluding carboxylic acids is 1. The third kappa shape index (κ3) is 5.84. The van der Waals surface area contributed by atoms with Gasteiger partial charge in [-0.05, 0) is 44.2 Å². The number of carboxylic acid groups (broad SMARTS) is 1. The number of hydrogen-bond donors (Lipinski definition) is 2. The summed E-state index contributed by atoms with van der Waals surface area (Å²) in [6, 6.07) is 8.29. The number of carbonyl (C=O) groups is 2. The fourth-order valence-electron chi connectivity index (χ4n) is 3.02. The second-order valence-corrected chi connectivity index (χ2v) is 10.5. The first-order valence-electron chi connectivity index (χ1n) is 10.3. The molecule has 3 rings (SSSR count). The van der Waals surface area contributed by atoms with Crippen molar-refractivity contribution in [3.8, 4) is 11.5 Å². The van der Waals surface area contributed by atoms with Crippen LogP contribution in [0.1, 0.15) is 33.9 Å². The molecule has 3 aromatic rings. The van der Waals surface area contributed by atoms with Crippen LogP contribution in [0.2, 0.25) is 4.34 Å². The molecule has 2 aromatic heterocycles. The Bertz CT molecular complexity index is 1360. The van der Waals surface area contributed by atoms with Crippen molar-refractivity contribution in [1.82, 2.24) is 4.98 Å². The minimum absolute atomic E-state index is 0.0519. The normalized spacial score (nSPS) is 11.1. The Morgan fingerprint density at radius 1 is 1.11 bits per heavy atom. The molecule has 35 heavy (non-hydrogen) atoms. The Morgan fingerprint density at radius 3 is 2.46 bits per heavy atom. The van der Waals surface area contributed by atoms with Crippen LogP contribution in [0.15, 0.2) is 47.5 Å². The van der Waals surface area contributed by atoms with E-state index >= 15 is 0 Å². The Morgan fingerprint density at radius 2 is 1.80 bits per heavy atom. The number of anilines is 2. The van der Waals surface area contributed by atoms with E-state index in [0.29, 0.717) is 24.7 Å². The van der Waals surface area contributed by atoms with E-state index in [2.05, 4.69) is 10.3 Å². The average Bonchev–Trinajstić information content (AvgIpc) is 3.23. The van der Waals surface area contributed by atoms with Gasteiger partial charge in [0, 0.05) is 19.3 Å². The topological polar surface area (TPSA) is 135 Å². The fraction of sp³-hybridized carbons (Fsp3) is 0.227. The van der Waals surface area contributed by atoms with Gasteiger partial charge in [-0.2, -0.15) is 0 Å². The van der Waals surface area contributed by atoms with E-state index in [1.807, 2.05) is 6.92 Å². The number of thiophene rings is 1. The van der Waals surface area contributed by atoms with Gasteiger partial charge >= 0.3 is 5.97 Å². The first-order valence-corrected chi connectivity index (χ1v) is 12.9. The van der Waals surface area contributed by atoms with Crippen LogP contribution >= 0.6 is 22.9 Å². The summed E-state index contributed by atoms with van der Waals surface area (Å²) in [5.74, 6) is -1.21. The average molecular weight is 540 g/mol. The molecule has 0 atom stereocenters. The lowest BCUT2D eigenvalue weighted by atomic mass is 10.2. The predicted octanol–water partition coefficient (Wildman–Crippen LogP) is 4.37. The number of aromatic carboxylic acids is 1. The SMILES string of the molecule is CCOc1ccc(N(C)S(=O)(=O)c2cc(Cl)sc2C(=O)Nc2cc(C(=O)O)ccn2)cc1OCC. The standard InChI is InChI=1S/C22H22ClN3O7S2/c1-4-32-15-7-6-14(11-16(15)33-5-2)26(3)35(30,31)17-12-18(23)34-20(17)21(27)25-19-10-13(22(28)29)8-9-24-19/h6-12H,4-5H2,1-3H3,(H,28,29)(H,24,25,27). The minimum atomic E-state index is -4.23. The predicted molar refractivity (Wildman–Crippen MR) is 133 cm³/mol. The van der Waals surface area contributed by atoms with Gasteiger partial charge in [0.15, 0.2) is 11.5 Å². The molecule has 10 nitrogen and oxygen atoms in total.